The lowest BCUT2D eigenvalue weighted by atomic mass is 9.84. The predicted molar refractivity (Wildman–Crippen MR) is 116 cm³/mol. The molecule has 8 heteroatoms. The van der Waals surface area contributed by atoms with E-state index in [9.17, 15) is 5.11 Å². The molecule has 0 bridgehead atoms. The average molecular weight is 439 g/mol. The first-order valence-corrected chi connectivity index (χ1v) is 10.7. The molecule has 2 aliphatic heterocycles. The summed E-state index contributed by atoms with van der Waals surface area (Å²) in [6, 6.07) is 12.7. The molecule has 7 nitrogen and oxygen atoms in total. The number of rotatable bonds is 4. The van der Waals surface area contributed by atoms with Crippen LogP contribution in [0, 0.1) is 5.41 Å². The normalized spacial score (nSPS) is 18.2. The maximum Gasteiger partial charge on any atom is 0.228 e. The van der Waals surface area contributed by atoms with Crippen molar-refractivity contribution >= 4 is 11.6 Å². The summed E-state index contributed by atoms with van der Waals surface area (Å²) in [6.07, 6.45) is 1.66. The van der Waals surface area contributed by atoms with Crippen molar-refractivity contribution in [3.8, 4) is 17.4 Å². The highest BCUT2D eigenvalue weighted by Gasteiger charge is 2.32. The lowest BCUT2D eigenvalue weighted by Gasteiger charge is -2.29. The SMILES string of the molecule is N=c1c2c(ncn1CCN1CCOCC1)Oc1cc(O)ccc1[C@H]2c1ccc(Cl)cc1. The van der Waals surface area contributed by atoms with Crippen LogP contribution in [0.1, 0.15) is 22.6 Å². The summed E-state index contributed by atoms with van der Waals surface area (Å²) in [7, 11) is 0. The van der Waals surface area contributed by atoms with Gasteiger partial charge in [-0.2, -0.15) is 0 Å². The van der Waals surface area contributed by atoms with Gasteiger partial charge in [0.25, 0.3) is 0 Å². The van der Waals surface area contributed by atoms with Crippen molar-refractivity contribution in [2.45, 2.75) is 12.5 Å². The van der Waals surface area contributed by atoms with Crippen LogP contribution in [0.2, 0.25) is 5.02 Å². The molecule has 3 heterocycles. The topological polar surface area (TPSA) is 83.6 Å². The van der Waals surface area contributed by atoms with Crippen LogP contribution in [0.5, 0.6) is 17.4 Å². The van der Waals surface area contributed by atoms with Crippen molar-refractivity contribution in [2.75, 3.05) is 32.8 Å². The summed E-state index contributed by atoms with van der Waals surface area (Å²) in [5.41, 5.74) is 2.96. The lowest BCUT2D eigenvalue weighted by Crippen LogP contribution is -2.40. The van der Waals surface area contributed by atoms with Crippen molar-refractivity contribution in [2.24, 2.45) is 0 Å². The van der Waals surface area contributed by atoms with E-state index in [1.807, 2.05) is 34.9 Å². The Bertz CT molecular complexity index is 1160. The minimum Gasteiger partial charge on any atom is -0.508 e. The summed E-state index contributed by atoms with van der Waals surface area (Å²) in [5.74, 6) is 0.822. The van der Waals surface area contributed by atoms with Crippen LogP contribution in [-0.4, -0.2) is 52.4 Å². The monoisotopic (exact) mass is 438 g/mol. The summed E-state index contributed by atoms with van der Waals surface area (Å²) in [5, 5.41) is 19.6. The van der Waals surface area contributed by atoms with Crippen LogP contribution in [-0.2, 0) is 11.3 Å². The number of phenolic OH excluding ortho intramolecular Hbond substituents is 1. The highest BCUT2D eigenvalue weighted by Crippen LogP contribution is 2.46. The van der Waals surface area contributed by atoms with E-state index in [0.717, 1.165) is 44.0 Å². The third kappa shape index (κ3) is 3.92. The van der Waals surface area contributed by atoms with Gasteiger partial charge in [0.05, 0.1) is 18.8 Å². The van der Waals surface area contributed by atoms with Gasteiger partial charge in [-0.1, -0.05) is 29.8 Å². The first-order chi connectivity index (χ1) is 15.1. The fourth-order valence-corrected chi connectivity index (χ4v) is 4.33. The first kappa shape index (κ1) is 20.1. The highest BCUT2D eigenvalue weighted by atomic mass is 35.5. The van der Waals surface area contributed by atoms with Crippen LogP contribution >= 0.6 is 11.6 Å². The molecule has 3 aromatic rings. The molecular formula is C23H23ClN4O3. The number of hydrogen-bond acceptors (Lipinski definition) is 6. The molecule has 0 amide bonds. The van der Waals surface area contributed by atoms with E-state index in [1.165, 1.54) is 0 Å². The van der Waals surface area contributed by atoms with Crippen LogP contribution in [0.15, 0.2) is 48.8 Å². The van der Waals surface area contributed by atoms with Gasteiger partial charge in [0.2, 0.25) is 5.88 Å². The zero-order valence-electron chi connectivity index (χ0n) is 16.9. The first-order valence-electron chi connectivity index (χ1n) is 10.3. The molecule has 1 fully saturated rings. The van der Waals surface area contributed by atoms with Crippen LogP contribution in [0.4, 0.5) is 0 Å². The van der Waals surface area contributed by atoms with Gasteiger partial charge in [0.15, 0.2) is 0 Å². The molecule has 1 atom stereocenters. The van der Waals surface area contributed by atoms with Crippen molar-refractivity contribution < 1.29 is 14.6 Å². The number of benzene rings is 2. The maximum atomic E-state index is 9.95. The average Bonchev–Trinajstić information content (AvgIpc) is 2.78. The molecule has 31 heavy (non-hydrogen) atoms. The van der Waals surface area contributed by atoms with E-state index < -0.39 is 0 Å². The lowest BCUT2D eigenvalue weighted by molar-refractivity contribution is 0.0362. The third-order valence-corrected chi connectivity index (χ3v) is 6.11. The van der Waals surface area contributed by atoms with E-state index in [2.05, 4.69) is 9.88 Å². The molecule has 2 N–H and O–H groups in total. The van der Waals surface area contributed by atoms with E-state index in [0.29, 0.717) is 34.2 Å². The molecule has 1 saturated heterocycles. The van der Waals surface area contributed by atoms with Gasteiger partial charge in [-0.3, -0.25) is 10.3 Å². The summed E-state index contributed by atoms with van der Waals surface area (Å²) >= 11 is 6.12. The van der Waals surface area contributed by atoms with E-state index >= 15 is 0 Å². The fraction of sp³-hybridized carbons (Fsp3) is 0.304. The minimum atomic E-state index is -0.243. The molecule has 2 aromatic carbocycles. The van der Waals surface area contributed by atoms with E-state index in [-0.39, 0.29) is 11.7 Å². The van der Waals surface area contributed by atoms with E-state index in [1.54, 1.807) is 18.5 Å². The molecular weight excluding hydrogens is 416 g/mol. The Hall–Kier alpha value is -2.87. The molecule has 0 spiro atoms. The molecule has 0 aliphatic carbocycles. The molecule has 0 unspecified atom stereocenters. The molecule has 5 rings (SSSR count). The largest absolute Gasteiger partial charge is 0.508 e. The Morgan fingerprint density at radius 3 is 2.65 bits per heavy atom. The standard InChI is InChI=1S/C23H23ClN4O3/c24-16-3-1-15(2-4-16)20-18-6-5-17(29)13-19(18)31-23-21(20)22(25)28(14-26-23)8-7-27-9-11-30-12-10-27/h1-6,13-14,20,25,29H,7-12H2/t20-/m1/s1. The van der Waals surface area contributed by atoms with Gasteiger partial charge in [-0.15, -0.1) is 0 Å². The summed E-state index contributed by atoms with van der Waals surface area (Å²) in [6.45, 7) is 4.79. The Balaban J connectivity index is 1.56. The van der Waals surface area contributed by atoms with Crippen molar-refractivity contribution in [1.29, 1.82) is 5.41 Å². The van der Waals surface area contributed by atoms with Crippen molar-refractivity contribution in [3.05, 3.63) is 76.0 Å². The number of aromatic nitrogens is 2. The fourth-order valence-electron chi connectivity index (χ4n) is 4.20. The summed E-state index contributed by atoms with van der Waals surface area (Å²) < 4.78 is 13.3. The molecule has 160 valence electrons. The number of nitrogens with one attached hydrogen (secondary N) is 1. The predicted octanol–water partition coefficient (Wildman–Crippen LogP) is 3.34. The van der Waals surface area contributed by atoms with Gasteiger partial charge in [-0.25, -0.2) is 4.98 Å². The number of aromatic hydroxyl groups is 1. The Kier molecular flexibility index (Phi) is 5.40. The van der Waals surface area contributed by atoms with Gasteiger partial charge in [-0.05, 0) is 23.8 Å². The number of phenols is 1. The number of hydrogen-bond donors (Lipinski definition) is 2. The number of morpholine rings is 1. The number of fused-ring (bicyclic) bond motifs is 2. The van der Waals surface area contributed by atoms with Crippen LogP contribution < -0.4 is 10.2 Å². The van der Waals surface area contributed by atoms with Gasteiger partial charge >= 0.3 is 0 Å². The molecule has 0 radical (unpaired) electrons. The third-order valence-electron chi connectivity index (χ3n) is 5.85. The Morgan fingerprint density at radius 2 is 1.87 bits per heavy atom. The Morgan fingerprint density at radius 1 is 1.10 bits per heavy atom. The molecule has 0 saturated carbocycles. The zero-order chi connectivity index (χ0) is 21.4. The highest BCUT2D eigenvalue weighted by molar-refractivity contribution is 6.30. The number of halogens is 1. The van der Waals surface area contributed by atoms with E-state index in [4.69, 9.17) is 26.5 Å². The van der Waals surface area contributed by atoms with Crippen LogP contribution in [0.25, 0.3) is 0 Å². The zero-order valence-corrected chi connectivity index (χ0v) is 17.7. The number of ether oxygens (including phenoxy) is 2. The van der Waals surface area contributed by atoms with Crippen molar-refractivity contribution in [1.82, 2.24) is 14.5 Å². The van der Waals surface area contributed by atoms with Gasteiger partial charge < -0.3 is 19.1 Å². The second-order valence-corrected chi connectivity index (χ2v) is 8.20. The molecule has 2 aliphatic rings. The second kappa shape index (κ2) is 8.34. The Labute approximate surface area is 185 Å². The van der Waals surface area contributed by atoms with Gasteiger partial charge in [0.1, 0.15) is 23.3 Å². The smallest absolute Gasteiger partial charge is 0.228 e. The second-order valence-electron chi connectivity index (χ2n) is 7.77. The maximum absolute atomic E-state index is 9.95. The summed E-state index contributed by atoms with van der Waals surface area (Å²) in [4.78, 5) is 6.87. The van der Waals surface area contributed by atoms with Crippen LogP contribution in [0.3, 0.4) is 0 Å². The quantitative estimate of drug-likeness (QED) is 0.510. The van der Waals surface area contributed by atoms with Crippen molar-refractivity contribution in [3.63, 3.8) is 0 Å². The number of nitrogens with zero attached hydrogens (tertiary/aromatic N) is 3. The minimum absolute atomic E-state index is 0.125. The van der Waals surface area contributed by atoms with Gasteiger partial charge in [0, 0.05) is 48.7 Å². The molecule has 1 aromatic heterocycles.